The summed E-state index contributed by atoms with van der Waals surface area (Å²) in [5.74, 6) is -1.91. The number of aromatic nitrogens is 3. The molecule has 0 aromatic carbocycles. The fourth-order valence-corrected chi connectivity index (χ4v) is 1.96. The topological polar surface area (TPSA) is 72.3 Å². The van der Waals surface area contributed by atoms with E-state index in [0.717, 1.165) is 18.5 Å². The molecule has 2 heterocycles. The second-order valence-electron chi connectivity index (χ2n) is 5.74. The Morgan fingerprint density at radius 2 is 1.86 bits per heavy atom. The molecule has 158 valence electrons. The highest BCUT2D eigenvalue weighted by Crippen LogP contribution is 2.28. The number of nitrogens with one attached hydrogen (secondary N) is 1. The van der Waals surface area contributed by atoms with E-state index < -0.39 is 36.6 Å². The van der Waals surface area contributed by atoms with E-state index in [1.165, 1.54) is 6.92 Å². The van der Waals surface area contributed by atoms with Crippen LogP contribution in [0.5, 0.6) is 5.88 Å². The van der Waals surface area contributed by atoms with Gasteiger partial charge in [-0.15, -0.1) is 0 Å². The first-order chi connectivity index (χ1) is 13.4. The Morgan fingerprint density at radius 1 is 1.17 bits per heavy atom. The molecule has 29 heavy (non-hydrogen) atoms. The van der Waals surface area contributed by atoms with Crippen LogP contribution >= 0.6 is 0 Å². The van der Waals surface area contributed by atoms with Gasteiger partial charge in [-0.2, -0.15) is 31.4 Å². The number of ether oxygens (including phenoxy) is 1. The molecule has 0 spiro atoms. The number of halogens is 7. The molecule has 0 radical (unpaired) electrons. The van der Waals surface area contributed by atoms with Crippen molar-refractivity contribution in [2.75, 3.05) is 5.43 Å². The van der Waals surface area contributed by atoms with Crippen LogP contribution in [-0.4, -0.2) is 39.6 Å². The van der Waals surface area contributed by atoms with E-state index in [0.29, 0.717) is 13.1 Å². The fraction of sp³-hybridized carbons (Fsp3) is 0.375. The van der Waals surface area contributed by atoms with E-state index >= 15 is 0 Å². The molecule has 0 unspecified atom stereocenters. The van der Waals surface area contributed by atoms with Gasteiger partial charge in [0.25, 0.3) is 5.88 Å². The average molecular weight is 425 g/mol. The van der Waals surface area contributed by atoms with Gasteiger partial charge < -0.3 is 4.74 Å². The Bertz CT molecular complexity index is 883. The van der Waals surface area contributed by atoms with Gasteiger partial charge in [-0.3, -0.25) is 10.4 Å². The highest BCUT2D eigenvalue weighted by molar-refractivity contribution is 5.63. The Hall–Kier alpha value is -2.99. The van der Waals surface area contributed by atoms with Crippen molar-refractivity contribution >= 4 is 12.0 Å². The Balaban J connectivity index is 2.13. The molecule has 1 N–H and O–H groups in total. The van der Waals surface area contributed by atoms with Crippen molar-refractivity contribution in [3.63, 3.8) is 0 Å². The SMILES string of the molecule is Cc1nc(N/N=C\CC(F)(F)F)cnc1-c1cnc(O[C@@H](C)C(F)(F)F)c(F)c1. The lowest BCUT2D eigenvalue weighted by Crippen LogP contribution is -2.31. The third kappa shape index (κ3) is 6.54. The molecule has 0 bridgehead atoms. The fourth-order valence-electron chi connectivity index (χ4n) is 1.96. The number of nitrogens with zero attached hydrogens (tertiary/aromatic N) is 4. The number of aryl methyl sites for hydroxylation is 1. The van der Waals surface area contributed by atoms with Crippen LogP contribution in [0.1, 0.15) is 19.0 Å². The van der Waals surface area contributed by atoms with E-state index in [1.54, 1.807) is 0 Å². The molecular formula is C16H14F7N5O. The summed E-state index contributed by atoms with van der Waals surface area (Å²) in [6, 6.07) is 0.886. The van der Waals surface area contributed by atoms with Gasteiger partial charge in [-0.25, -0.2) is 14.4 Å². The number of anilines is 1. The monoisotopic (exact) mass is 425 g/mol. The number of hydrogen-bond acceptors (Lipinski definition) is 6. The number of hydrazone groups is 1. The molecule has 0 saturated heterocycles. The molecule has 6 nitrogen and oxygen atoms in total. The molecule has 0 aliphatic rings. The summed E-state index contributed by atoms with van der Waals surface area (Å²) >= 11 is 0. The summed E-state index contributed by atoms with van der Waals surface area (Å²) in [7, 11) is 0. The Morgan fingerprint density at radius 3 is 2.41 bits per heavy atom. The van der Waals surface area contributed by atoms with Crippen LogP contribution in [0.25, 0.3) is 11.3 Å². The largest absolute Gasteiger partial charge is 0.463 e. The molecule has 2 aromatic heterocycles. The molecule has 0 amide bonds. The number of alkyl halides is 6. The first-order valence-corrected chi connectivity index (χ1v) is 7.94. The van der Waals surface area contributed by atoms with E-state index in [4.69, 9.17) is 0 Å². The van der Waals surface area contributed by atoms with Crippen molar-refractivity contribution in [1.29, 1.82) is 0 Å². The maximum Gasteiger partial charge on any atom is 0.425 e. The minimum absolute atomic E-state index is 0.0389. The van der Waals surface area contributed by atoms with Crippen molar-refractivity contribution in [3.05, 3.63) is 30.0 Å². The molecule has 1 atom stereocenters. The summed E-state index contributed by atoms with van der Waals surface area (Å²) < 4.78 is 92.1. The Kier molecular flexibility index (Phi) is 6.59. The van der Waals surface area contributed by atoms with Gasteiger partial charge in [-0.1, -0.05) is 0 Å². The maximum atomic E-state index is 14.1. The standard InChI is InChI=1S/C16H14F7N5O/c1-8-13(24-7-12(27-8)28-26-4-3-15(18,19)20)10-5-11(17)14(25-6-10)29-9(2)16(21,22)23/h4-7,9H,3H2,1-2H3,(H,27,28)/b26-4-/t9-/m0/s1. The molecular weight excluding hydrogens is 411 g/mol. The maximum absolute atomic E-state index is 14.1. The van der Waals surface area contributed by atoms with E-state index in [1.807, 2.05) is 0 Å². The smallest absolute Gasteiger partial charge is 0.425 e. The summed E-state index contributed by atoms with van der Waals surface area (Å²) in [5.41, 5.74) is 2.80. The van der Waals surface area contributed by atoms with Gasteiger partial charge in [0.05, 0.1) is 24.0 Å². The van der Waals surface area contributed by atoms with Crippen molar-refractivity contribution in [2.45, 2.75) is 38.7 Å². The lowest BCUT2D eigenvalue weighted by Gasteiger charge is -2.17. The predicted molar refractivity (Wildman–Crippen MR) is 88.9 cm³/mol. The first kappa shape index (κ1) is 22.3. The summed E-state index contributed by atoms with van der Waals surface area (Å²) in [6.07, 6.45) is -9.72. The van der Waals surface area contributed by atoms with Gasteiger partial charge in [0.1, 0.15) is 0 Å². The summed E-state index contributed by atoms with van der Waals surface area (Å²) in [5, 5.41) is 3.37. The molecule has 0 aliphatic heterocycles. The zero-order valence-corrected chi connectivity index (χ0v) is 14.9. The minimum atomic E-state index is -4.68. The van der Waals surface area contributed by atoms with Crippen LogP contribution < -0.4 is 10.2 Å². The van der Waals surface area contributed by atoms with Crippen molar-refractivity contribution in [2.24, 2.45) is 5.10 Å². The molecule has 0 saturated carbocycles. The molecule has 2 aromatic rings. The van der Waals surface area contributed by atoms with Crippen LogP contribution in [0.15, 0.2) is 23.6 Å². The van der Waals surface area contributed by atoms with Gasteiger partial charge >= 0.3 is 12.4 Å². The third-order valence-electron chi connectivity index (χ3n) is 3.37. The highest BCUT2D eigenvalue weighted by Gasteiger charge is 2.38. The van der Waals surface area contributed by atoms with E-state index in [-0.39, 0.29) is 22.8 Å². The second-order valence-corrected chi connectivity index (χ2v) is 5.74. The lowest BCUT2D eigenvalue weighted by atomic mass is 10.1. The minimum Gasteiger partial charge on any atom is -0.463 e. The van der Waals surface area contributed by atoms with E-state index in [2.05, 4.69) is 30.2 Å². The second kappa shape index (κ2) is 8.57. The van der Waals surface area contributed by atoms with Gasteiger partial charge in [0, 0.05) is 18.0 Å². The van der Waals surface area contributed by atoms with E-state index in [9.17, 15) is 30.7 Å². The first-order valence-electron chi connectivity index (χ1n) is 7.94. The molecule has 2 rings (SSSR count). The third-order valence-corrected chi connectivity index (χ3v) is 3.37. The van der Waals surface area contributed by atoms with Crippen LogP contribution in [-0.2, 0) is 0 Å². The van der Waals surface area contributed by atoms with Gasteiger partial charge in [-0.05, 0) is 19.9 Å². The zero-order valence-electron chi connectivity index (χ0n) is 14.9. The van der Waals surface area contributed by atoms with Gasteiger partial charge in [0.15, 0.2) is 17.7 Å². The average Bonchev–Trinajstić information content (AvgIpc) is 2.59. The molecule has 0 aliphatic carbocycles. The number of rotatable bonds is 6. The normalized spacial score (nSPS) is 13.6. The van der Waals surface area contributed by atoms with Crippen LogP contribution in [0.4, 0.5) is 36.6 Å². The van der Waals surface area contributed by atoms with Crippen LogP contribution in [0, 0.1) is 12.7 Å². The Labute approximate surface area is 159 Å². The number of pyridine rings is 1. The van der Waals surface area contributed by atoms with Crippen molar-refractivity contribution < 1.29 is 35.5 Å². The number of hydrogen-bond donors (Lipinski definition) is 1. The summed E-state index contributed by atoms with van der Waals surface area (Å²) in [4.78, 5) is 11.6. The van der Waals surface area contributed by atoms with Crippen molar-refractivity contribution in [1.82, 2.24) is 15.0 Å². The molecule has 0 fully saturated rings. The highest BCUT2D eigenvalue weighted by atomic mass is 19.4. The van der Waals surface area contributed by atoms with Crippen LogP contribution in [0.3, 0.4) is 0 Å². The zero-order chi connectivity index (χ0) is 21.8. The summed E-state index contributed by atoms with van der Waals surface area (Å²) in [6.45, 7) is 2.20. The quantitative estimate of drug-likeness (QED) is 0.414. The van der Waals surface area contributed by atoms with Gasteiger partial charge in [0.2, 0.25) is 0 Å². The predicted octanol–water partition coefficient (Wildman–Crippen LogP) is 4.67. The van der Waals surface area contributed by atoms with Crippen molar-refractivity contribution in [3.8, 4) is 17.1 Å². The lowest BCUT2D eigenvalue weighted by molar-refractivity contribution is -0.190. The molecule has 13 heteroatoms. The van der Waals surface area contributed by atoms with Crippen LogP contribution in [0.2, 0.25) is 0 Å².